The molecule has 2 aromatic rings. The molecule has 0 atom stereocenters. The third kappa shape index (κ3) is 5.70. The van der Waals surface area contributed by atoms with E-state index in [0.717, 1.165) is 11.8 Å². The van der Waals surface area contributed by atoms with Crippen molar-refractivity contribution < 1.29 is 22.7 Å². The Kier molecular flexibility index (Phi) is 5.32. The Bertz CT molecular complexity index is 677. The minimum atomic E-state index is -4.46. The summed E-state index contributed by atoms with van der Waals surface area (Å²) < 4.78 is 41.3. The van der Waals surface area contributed by atoms with E-state index in [1.165, 1.54) is 18.2 Å². The van der Waals surface area contributed by atoms with Crippen molar-refractivity contribution in [2.75, 3.05) is 23.4 Å². The van der Waals surface area contributed by atoms with Gasteiger partial charge in [0.05, 0.1) is 11.4 Å². The number of carbonyl (C=O) groups excluding carboxylic acids is 1. The van der Waals surface area contributed by atoms with Crippen LogP contribution in [0.25, 0.3) is 0 Å². The van der Waals surface area contributed by atoms with Gasteiger partial charge in [-0.3, -0.25) is 4.79 Å². The first kappa shape index (κ1) is 16.9. The van der Waals surface area contributed by atoms with E-state index in [0.29, 0.717) is 5.16 Å². The van der Waals surface area contributed by atoms with Crippen LogP contribution in [0.1, 0.15) is 0 Å². The van der Waals surface area contributed by atoms with Crippen molar-refractivity contribution in [2.45, 2.75) is 11.3 Å². The molecule has 0 bridgehead atoms. The van der Waals surface area contributed by atoms with Gasteiger partial charge in [-0.15, -0.1) is 5.10 Å². The number of halogens is 3. The maximum absolute atomic E-state index is 12.2. The molecular formula is C12H12F3N5O2S. The number of nitrogen functional groups attached to an aromatic ring is 1. The molecule has 4 N–H and O–H groups in total. The zero-order valence-corrected chi connectivity index (χ0v) is 12.4. The van der Waals surface area contributed by atoms with Gasteiger partial charge in [0, 0.05) is 0 Å². The number of amides is 1. The lowest BCUT2D eigenvalue weighted by Crippen LogP contribution is -2.20. The number of benzene rings is 1. The van der Waals surface area contributed by atoms with E-state index in [1.807, 2.05) is 0 Å². The zero-order valence-electron chi connectivity index (χ0n) is 11.6. The number of rotatable bonds is 6. The molecule has 11 heteroatoms. The van der Waals surface area contributed by atoms with Gasteiger partial charge < -0.3 is 15.8 Å². The number of anilines is 2. The number of carbonyl (C=O) groups is 1. The minimum absolute atomic E-state index is 0.0368. The van der Waals surface area contributed by atoms with Crippen LogP contribution in [0.15, 0.2) is 29.4 Å². The van der Waals surface area contributed by atoms with E-state index < -0.39 is 18.7 Å². The Labute approximate surface area is 132 Å². The number of nitrogens with one attached hydrogen (secondary N) is 2. The van der Waals surface area contributed by atoms with Crippen molar-refractivity contribution in [3.8, 4) is 5.75 Å². The summed E-state index contributed by atoms with van der Waals surface area (Å²) in [6.45, 7) is -1.44. The fourth-order valence-corrected chi connectivity index (χ4v) is 2.10. The molecule has 0 saturated carbocycles. The number of ether oxygens (including phenoxy) is 1. The highest BCUT2D eigenvalue weighted by Crippen LogP contribution is 2.26. The van der Waals surface area contributed by atoms with Crippen LogP contribution in [0, 0.1) is 0 Å². The van der Waals surface area contributed by atoms with Crippen molar-refractivity contribution in [1.82, 2.24) is 15.2 Å². The molecule has 1 heterocycles. The van der Waals surface area contributed by atoms with E-state index in [9.17, 15) is 18.0 Å². The average molecular weight is 347 g/mol. The Morgan fingerprint density at radius 1 is 1.39 bits per heavy atom. The molecule has 1 amide bonds. The zero-order chi connectivity index (χ0) is 16.9. The molecule has 0 unspecified atom stereocenters. The molecule has 0 saturated heterocycles. The first-order valence-electron chi connectivity index (χ1n) is 6.22. The van der Waals surface area contributed by atoms with Gasteiger partial charge in [-0.25, -0.2) is 5.10 Å². The van der Waals surface area contributed by atoms with Crippen LogP contribution in [-0.4, -0.2) is 39.6 Å². The van der Waals surface area contributed by atoms with Crippen molar-refractivity contribution >= 4 is 29.3 Å². The molecular weight excluding hydrogens is 335 g/mol. The predicted molar refractivity (Wildman–Crippen MR) is 78.1 cm³/mol. The summed E-state index contributed by atoms with van der Waals surface area (Å²) >= 11 is 1.03. The fraction of sp³-hybridized carbons (Fsp3) is 0.250. The lowest BCUT2D eigenvalue weighted by molar-refractivity contribution is -0.153. The number of nitrogens with two attached hydrogens (primary N) is 1. The summed E-state index contributed by atoms with van der Waals surface area (Å²) in [5, 5.41) is 8.93. The normalized spacial score (nSPS) is 11.3. The lowest BCUT2D eigenvalue weighted by atomic mass is 10.3. The molecule has 1 aromatic carbocycles. The largest absolute Gasteiger partial charge is 0.482 e. The minimum Gasteiger partial charge on any atom is -0.482 e. The number of aromatic nitrogens is 3. The van der Waals surface area contributed by atoms with Crippen LogP contribution in [0.4, 0.5) is 24.8 Å². The highest BCUT2D eigenvalue weighted by molar-refractivity contribution is 7.99. The van der Waals surface area contributed by atoms with Gasteiger partial charge in [0.2, 0.25) is 17.0 Å². The number of nitrogens with zero attached hydrogens (tertiary/aromatic N) is 2. The highest BCUT2D eigenvalue weighted by atomic mass is 32.2. The summed E-state index contributed by atoms with van der Waals surface area (Å²) in [4.78, 5) is 15.6. The molecule has 0 aliphatic heterocycles. The molecule has 7 nitrogen and oxygen atoms in total. The van der Waals surface area contributed by atoms with Crippen LogP contribution < -0.4 is 15.8 Å². The highest BCUT2D eigenvalue weighted by Gasteiger charge is 2.28. The summed E-state index contributed by atoms with van der Waals surface area (Å²) in [7, 11) is 0. The molecule has 23 heavy (non-hydrogen) atoms. The van der Waals surface area contributed by atoms with Crippen molar-refractivity contribution in [2.24, 2.45) is 0 Å². The second-order valence-corrected chi connectivity index (χ2v) is 5.18. The standard InChI is InChI=1S/C12H12F3N5O2S/c13-12(14,15)6-22-8-4-2-1-3-7(8)17-9(21)5-23-11-18-10(16)19-20-11/h1-4H,5-6H2,(H,17,21)(H3,16,18,19,20). The second kappa shape index (κ2) is 7.22. The monoisotopic (exact) mass is 347 g/mol. The van der Waals surface area contributed by atoms with E-state index >= 15 is 0 Å². The number of hydrogen-bond donors (Lipinski definition) is 3. The van der Waals surface area contributed by atoms with E-state index in [1.54, 1.807) is 6.07 Å². The third-order valence-corrected chi connectivity index (χ3v) is 3.21. The van der Waals surface area contributed by atoms with Crippen molar-refractivity contribution in [3.05, 3.63) is 24.3 Å². The van der Waals surface area contributed by atoms with Crippen LogP contribution in [0.2, 0.25) is 0 Å². The quantitative estimate of drug-likeness (QED) is 0.691. The molecule has 1 aromatic heterocycles. The number of hydrogen-bond acceptors (Lipinski definition) is 6. The SMILES string of the molecule is Nc1nc(SCC(=O)Nc2ccccc2OCC(F)(F)F)n[nH]1. The van der Waals surface area contributed by atoms with Crippen LogP contribution in [-0.2, 0) is 4.79 Å². The summed E-state index contributed by atoms with van der Waals surface area (Å²) in [5.41, 5.74) is 5.50. The van der Waals surface area contributed by atoms with Crippen molar-refractivity contribution in [3.63, 3.8) is 0 Å². The molecule has 0 aliphatic carbocycles. The number of thioether (sulfide) groups is 1. The average Bonchev–Trinajstić information content (AvgIpc) is 2.89. The van der Waals surface area contributed by atoms with Gasteiger partial charge in [0.25, 0.3) is 0 Å². The van der Waals surface area contributed by atoms with Gasteiger partial charge in [0.15, 0.2) is 6.61 Å². The molecule has 0 aliphatic rings. The lowest BCUT2D eigenvalue weighted by Gasteiger charge is -2.13. The fourth-order valence-electron chi connectivity index (χ4n) is 1.49. The van der Waals surface area contributed by atoms with E-state index in [-0.39, 0.29) is 23.1 Å². The Hall–Kier alpha value is -2.43. The topological polar surface area (TPSA) is 106 Å². The van der Waals surface area contributed by atoms with Crippen LogP contribution in [0.3, 0.4) is 0 Å². The Morgan fingerprint density at radius 2 is 2.13 bits per heavy atom. The predicted octanol–water partition coefficient (Wildman–Crippen LogP) is 2.06. The summed E-state index contributed by atoms with van der Waals surface area (Å²) in [6.07, 6.45) is -4.46. The first-order valence-corrected chi connectivity index (χ1v) is 7.21. The molecule has 0 spiro atoms. The number of H-pyrrole nitrogens is 1. The van der Waals surface area contributed by atoms with Gasteiger partial charge in [-0.05, 0) is 12.1 Å². The number of alkyl halides is 3. The second-order valence-electron chi connectivity index (χ2n) is 4.24. The Morgan fingerprint density at radius 3 is 2.78 bits per heavy atom. The number of aromatic amines is 1. The molecule has 124 valence electrons. The number of para-hydroxylation sites is 2. The van der Waals surface area contributed by atoms with E-state index in [4.69, 9.17) is 5.73 Å². The smallest absolute Gasteiger partial charge is 0.422 e. The maximum atomic E-state index is 12.2. The molecule has 0 radical (unpaired) electrons. The molecule has 0 fully saturated rings. The van der Waals surface area contributed by atoms with E-state index in [2.05, 4.69) is 25.2 Å². The maximum Gasteiger partial charge on any atom is 0.422 e. The van der Waals surface area contributed by atoms with Gasteiger partial charge in [-0.1, -0.05) is 23.9 Å². The van der Waals surface area contributed by atoms with Gasteiger partial charge in [0.1, 0.15) is 5.75 Å². The summed E-state index contributed by atoms with van der Waals surface area (Å²) in [6, 6.07) is 5.86. The van der Waals surface area contributed by atoms with Crippen LogP contribution >= 0.6 is 11.8 Å². The third-order valence-electron chi connectivity index (χ3n) is 2.37. The van der Waals surface area contributed by atoms with Crippen molar-refractivity contribution in [1.29, 1.82) is 0 Å². The summed E-state index contributed by atoms with van der Waals surface area (Å²) in [5.74, 6) is -0.421. The Balaban J connectivity index is 1.92. The van der Waals surface area contributed by atoms with Gasteiger partial charge in [-0.2, -0.15) is 18.2 Å². The van der Waals surface area contributed by atoms with Gasteiger partial charge >= 0.3 is 6.18 Å². The van der Waals surface area contributed by atoms with Crippen LogP contribution in [0.5, 0.6) is 5.75 Å². The molecule has 2 rings (SSSR count). The first-order chi connectivity index (χ1) is 10.8.